The number of morpholine rings is 1. The zero-order valence-electron chi connectivity index (χ0n) is 19.7. The number of amides is 1. The van der Waals surface area contributed by atoms with Crippen molar-refractivity contribution in [1.29, 1.82) is 0 Å². The zero-order chi connectivity index (χ0) is 22.0. The van der Waals surface area contributed by atoms with Gasteiger partial charge in [0.05, 0.1) is 19.8 Å². The molecule has 1 saturated heterocycles. The minimum Gasteiger partial charge on any atom is -0.379 e. The minimum atomic E-state index is -0.0280. The lowest BCUT2D eigenvalue weighted by Gasteiger charge is -2.41. The van der Waals surface area contributed by atoms with Crippen LogP contribution >= 0.6 is 24.0 Å². The summed E-state index contributed by atoms with van der Waals surface area (Å²) in [6.45, 7) is 16.3. The zero-order valence-corrected chi connectivity index (χ0v) is 22.0. The van der Waals surface area contributed by atoms with Gasteiger partial charge in [-0.2, -0.15) is 0 Å². The van der Waals surface area contributed by atoms with Crippen molar-refractivity contribution in [3.05, 3.63) is 35.4 Å². The Morgan fingerprint density at radius 3 is 2.39 bits per heavy atom. The van der Waals surface area contributed by atoms with Crippen LogP contribution in [0.5, 0.6) is 0 Å². The maximum Gasteiger partial charge on any atom is 0.251 e. The van der Waals surface area contributed by atoms with Gasteiger partial charge < -0.3 is 20.7 Å². The van der Waals surface area contributed by atoms with E-state index in [0.29, 0.717) is 12.1 Å². The first-order valence-corrected chi connectivity index (χ1v) is 11.1. The molecule has 8 heteroatoms. The van der Waals surface area contributed by atoms with Crippen LogP contribution in [0.1, 0.15) is 57.0 Å². The number of aliphatic imine (C=N–C) groups is 1. The van der Waals surface area contributed by atoms with Crippen LogP contribution in [0.2, 0.25) is 0 Å². The third-order valence-corrected chi connectivity index (χ3v) is 5.53. The molecule has 1 aromatic rings. The van der Waals surface area contributed by atoms with E-state index in [1.165, 1.54) is 0 Å². The van der Waals surface area contributed by atoms with Crippen molar-refractivity contribution in [3.63, 3.8) is 0 Å². The van der Waals surface area contributed by atoms with E-state index in [9.17, 15) is 4.79 Å². The van der Waals surface area contributed by atoms with Gasteiger partial charge in [-0.25, -0.2) is 4.99 Å². The lowest BCUT2D eigenvalue weighted by molar-refractivity contribution is -0.00834. The number of guanidine groups is 1. The summed E-state index contributed by atoms with van der Waals surface area (Å²) < 4.78 is 5.47. The number of benzene rings is 1. The van der Waals surface area contributed by atoms with Gasteiger partial charge in [-0.05, 0) is 51.8 Å². The van der Waals surface area contributed by atoms with Gasteiger partial charge in [0.2, 0.25) is 0 Å². The second-order valence-electron chi connectivity index (χ2n) is 8.44. The Bertz CT molecular complexity index is 688. The first kappa shape index (κ1) is 27.6. The number of rotatable bonds is 9. The lowest BCUT2D eigenvalue weighted by Crippen LogP contribution is -2.56. The fourth-order valence-corrected chi connectivity index (χ4v) is 3.26. The molecule has 1 fully saturated rings. The molecular weight excluding hydrogens is 505 g/mol. The average molecular weight is 546 g/mol. The molecule has 2 rings (SSSR count). The van der Waals surface area contributed by atoms with Crippen molar-refractivity contribution in [2.24, 2.45) is 4.99 Å². The molecule has 1 amide bonds. The highest BCUT2D eigenvalue weighted by Crippen LogP contribution is 2.15. The predicted octanol–water partition coefficient (Wildman–Crippen LogP) is 3.00. The third kappa shape index (κ3) is 9.33. The summed E-state index contributed by atoms with van der Waals surface area (Å²) in [5, 5.41) is 9.79. The maximum absolute atomic E-state index is 12.2. The van der Waals surface area contributed by atoms with E-state index >= 15 is 0 Å². The van der Waals surface area contributed by atoms with Crippen molar-refractivity contribution in [1.82, 2.24) is 20.9 Å². The van der Waals surface area contributed by atoms with E-state index in [2.05, 4.69) is 48.5 Å². The highest BCUT2D eigenvalue weighted by Gasteiger charge is 2.28. The summed E-state index contributed by atoms with van der Waals surface area (Å²) in [4.78, 5) is 19.4. The molecule has 1 aliphatic rings. The van der Waals surface area contributed by atoms with Crippen molar-refractivity contribution in [3.8, 4) is 0 Å². The molecule has 0 spiro atoms. The minimum absolute atomic E-state index is 0. The highest BCUT2D eigenvalue weighted by molar-refractivity contribution is 14.0. The summed E-state index contributed by atoms with van der Waals surface area (Å²) in [5.41, 5.74) is 1.77. The van der Waals surface area contributed by atoms with Gasteiger partial charge in [-0.1, -0.05) is 19.1 Å². The van der Waals surface area contributed by atoms with E-state index in [1.807, 2.05) is 31.2 Å². The van der Waals surface area contributed by atoms with Gasteiger partial charge in [-0.3, -0.25) is 9.69 Å². The standard InChI is InChI=1S/C23H39N5O2.HI/c1-6-18(3)27-21(29)20-10-8-19(9-11-20)16-25-22(24-7-2)26-17-23(4,5)28-12-14-30-15-13-28;/h8-11,18H,6-7,12-17H2,1-5H3,(H,27,29)(H2,24,25,26);1H. The molecule has 1 aromatic carbocycles. The molecule has 1 heterocycles. The summed E-state index contributed by atoms with van der Waals surface area (Å²) in [7, 11) is 0. The van der Waals surface area contributed by atoms with E-state index in [-0.39, 0.29) is 41.5 Å². The van der Waals surface area contributed by atoms with E-state index in [1.54, 1.807) is 0 Å². The Hall–Kier alpha value is -1.39. The Kier molecular flexibility index (Phi) is 12.4. The van der Waals surface area contributed by atoms with E-state index in [4.69, 9.17) is 9.73 Å². The quantitative estimate of drug-likeness (QED) is 0.253. The van der Waals surface area contributed by atoms with Crippen molar-refractivity contribution < 1.29 is 9.53 Å². The molecular formula is C23H40IN5O2. The summed E-state index contributed by atoms with van der Waals surface area (Å²) in [6.07, 6.45) is 0.918. The van der Waals surface area contributed by atoms with Crippen LogP contribution < -0.4 is 16.0 Å². The van der Waals surface area contributed by atoms with Crippen LogP contribution in [-0.4, -0.2) is 67.7 Å². The molecule has 1 aliphatic heterocycles. The molecule has 0 bridgehead atoms. The van der Waals surface area contributed by atoms with Crippen LogP contribution in [0, 0.1) is 0 Å². The molecule has 7 nitrogen and oxygen atoms in total. The molecule has 1 unspecified atom stereocenters. The lowest BCUT2D eigenvalue weighted by atomic mass is 10.0. The average Bonchev–Trinajstić information content (AvgIpc) is 2.76. The molecule has 1 atom stereocenters. The number of carbonyl (C=O) groups is 1. The Labute approximate surface area is 204 Å². The molecule has 3 N–H and O–H groups in total. The largest absolute Gasteiger partial charge is 0.379 e. The predicted molar refractivity (Wildman–Crippen MR) is 138 cm³/mol. The van der Waals surface area contributed by atoms with Crippen molar-refractivity contribution >= 4 is 35.8 Å². The molecule has 0 radical (unpaired) electrons. The van der Waals surface area contributed by atoms with Gasteiger partial charge in [0.15, 0.2) is 5.96 Å². The Morgan fingerprint density at radius 2 is 1.81 bits per heavy atom. The Morgan fingerprint density at radius 1 is 1.16 bits per heavy atom. The van der Waals surface area contributed by atoms with Gasteiger partial charge in [0.25, 0.3) is 5.91 Å². The second kappa shape index (κ2) is 13.9. The van der Waals surface area contributed by atoms with Crippen LogP contribution in [0.4, 0.5) is 0 Å². The summed E-state index contributed by atoms with van der Waals surface area (Å²) in [5.74, 6) is 0.775. The van der Waals surface area contributed by atoms with E-state index in [0.717, 1.165) is 57.3 Å². The monoisotopic (exact) mass is 545 g/mol. The number of hydrogen-bond donors (Lipinski definition) is 3. The third-order valence-electron chi connectivity index (χ3n) is 5.53. The van der Waals surface area contributed by atoms with Crippen LogP contribution in [0.3, 0.4) is 0 Å². The van der Waals surface area contributed by atoms with Gasteiger partial charge in [0, 0.05) is 43.3 Å². The fourth-order valence-electron chi connectivity index (χ4n) is 3.26. The number of nitrogens with zero attached hydrogens (tertiary/aromatic N) is 2. The molecule has 0 aromatic heterocycles. The number of ether oxygens (including phenoxy) is 1. The molecule has 0 saturated carbocycles. The highest BCUT2D eigenvalue weighted by atomic mass is 127. The van der Waals surface area contributed by atoms with Gasteiger partial charge >= 0.3 is 0 Å². The molecule has 31 heavy (non-hydrogen) atoms. The Balaban J connectivity index is 0.00000480. The first-order valence-electron chi connectivity index (χ1n) is 11.1. The summed E-state index contributed by atoms with van der Waals surface area (Å²) in [6, 6.07) is 7.85. The number of carbonyl (C=O) groups excluding carboxylic acids is 1. The van der Waals surface area contributed by atoms with Crippen LogP contribution in [-0.2, 0) is 11.3 Å². The SMILES string of the molecule is CCNC(=NCc1ccc(C(=O)NC(C)CC)cc1)NCC(C)(C)N1CCOCC1.I. The number of nitrogens with one attached hydrogen (secondary N) is 3. The van der Waals surface area contributed by atoms with Crippen molar-refractivity contribution in [2.45, 2.75) is 59.2 Å². The van der Waals surface area contributed by atoms with Crippen LogP contribution in [0.25, 0.3) is 0 Å². The fraction of sp³-hybridized carbons (Fsp3) is 0.652. The van der Waals surface area contributed by atoms with Crippen molar-refractivity contribution in [2.75, 3.05) is 39.4 Å². The van der Waals surface area contributed by atoms with Crippen LogP contribution in [0.15, 0.2) is 29.3 Å². The second-order valence-corrected chi connectivity index (χ2v) is 8.44. The van der Waals surface area contributed by atoms with E-state index < -0.39 is 0 Å². The number of halogens is 1. The maximum atomic E-state index is 12.2. The smallest absolute Gasteiger partial charge is 0.251 e. The topological polar surface area (TPSA) is 78.0 Å². The molecule has 176 valence electrons. The van der Waals surface area contributed by atoms with Gasteiger partial charge in [-0.15, -0.1) is 24.0 Å². The molecule has 0 aliphatic carbocycles. The number of hydrogen-bond acceptors (Lipinski definition) is 4. The normalized spacial score (nSPS) is 16.2. The first-order chi connectivity index (χ1) is 14.4. The van der Waals surface area contributed by atoms with Gasteiger partial charge in [0.1, 0.15) is 0 Å². The summed E-state index contributed by atoms with van der Waals surface area (Å²) >= 11 is 0.